The molecular weight excluding hydrogens is 552 g/mol. The number of aromatic nitrogens is 1. The van der Waals surface area contributed by atoms with Gasteiger partial charge in [-0.15, -0.1) is 11.8 Å². The summed E-state index contributed by atoms with van der Waals surface area (Å²) < 4.78 is 7.86. The van der Waals surface area contributed by atoms with Crippen LogP contribution in [0.4, 0.5) is 0 Å². The van der Waals surface area contributed by atoms with Crippen molar-refractivity contribution in [1.82, 2.24) is 9.47 Å². The number of hydrogen-bond donors (Lipinski definition) is 0. The number of allylic oxidation sites excluding steroid dienone is 1. The van der Waals surface area contributed by atoms with E-state index in [-0.39, 0.29) is 23.1 Å². The first kappa shape index (κ1) is 27.4. The molecule has 0 bridgehead atoms. The van der Waals surface area contributed by atoms with E-state index >= 15 is 0 Å². The number of pyridine rings is 1. The summed E-state index contributed by atoms with van der Waals surface area (Å²) in [4.78, 5) is 29.8. The molecule has 4 aromatic rings. The number of rotatable bonds is 8. The molecule has 0 unspecified atom stereocenters. The smallest absolute Gasteiger partial charge is 0.273 e. The number of ether oxygens (including phenoxy) is 1. The maximum Gasteiger partial charge on any atom is 0.273 e. The summed E-state index contributed by atoms with van der Waals surface area (Å²) in [5.41, 5.74) is 7.72. The zero-order chi connectivity index (χ0) is 28.5. The lowest BCUT2D eigenvalue weighted by Crippen LogP contribution is -2.25. The largest absolute Gasteiger partial charge is 0.487 e. The van der Waals surface area contributed by atoms with E-state index < -0.39 is 0 Å². The van der Waals surface area contributed by atoms with Gasteiger partial charge in [0.15, 0.2) is 0 Å². The molecule has 3 aromatic carbocycles. The molecule has 1 aliphatic carbocycles. The number of carbonyl (C=O) groups is 1. The van der Waals surface area contributed by atoms with Crippen LogP contribution in [0, 0.1) is 6.92 Å². The highest BCUT2D eigenvalue weighted by molar-refractivity contribution is 7.98. The lowest BCUT2D eigenvalue weighted by molar-refractivity contribution is 0.0841. The fourth-order valence-electron chi connectivity index (χ4n) is 5.59. The molecule has 1 amide bonds. The van der Waals surface area contributed by atoms with Crippen molar-refractivity contribution in [3.8, 4) is 5.75 Å². The van der Waals surface area contributed by atoms with Crippen LogP contribution in [0.5, 0.6) is 5.75 Å². The van der Waals surface area contributed by atoms with E-state index in [0.29, 0.717) is 18.8 Å². The number of benzene rings is 3. The first-order valence-corrected chi connectivity index (χ1v) is 15.4. The molecule has 41 heavy (non-hydrogen) atoms. The van der Waals surface area contributed by atoms with Gasteiger partial charge in [0.25, 0.3) is 11.5 Å². The number of halogens is 1. The van der Waals surface area contributed by atoms with Crippen LogP contribution in [0.1, 0.15) is 57.6 Å². The summed E-state index contributed by atoms with van der Waals surface area (Å²) in [6.45, 7) is 3.02. The van der Waals surface area contributed by atoms with E-state index in [4.69, 9.17) is 16.3 Å². The minimum absolute atomic E-state index is 0.0380. The van der Waals surface area contributed by atoms with Crippen LogP contribution in [0.25, 0.3) is 5.70 Å². The van der Waals surface area contributed by atoms with Gasteiger partial charge in [0.2, 0.25) is 0 Å². The number of aryl methyl sites for hydroxylation is 1. The number of amides is 1. The van der Waals surface area contributed by atoms with Gasteiger partial charge in [-0.25, -0.2) is 0 Å². The average Bonchev–Trinajstić information content (AvgIpc) is 3.23. The molecule has 1 aliphatic heterocycles. The zero-order valence-corrected chi connectivity index (χ0v) is 24.7. The van der Waals surface area contributed by atoms with Crippen molar-refractivity contribution in [2.24, 2.45) is 0 Å². The second-order valence-corrected chi connectivity index (χ2v) is 11.7. The Morgan fingerprint density at radius 3 is 2.22 bits per heavy atom. The standard InChI is InChI=1S/C34H31ClN2O3S/c1-22-18-29(31(35)34(39)36(22)20-25-11-5-8-17-30(25)41-2)40-21-26-12-4-3-10-24(26)19-37-32(23-13-9-14-23)27-15-6-7-16-28(27)33(37)38/h3-8,10-12,15-18H,9,13-14,19-21H2,1-2H3. The molecule has 7 heteroatoms. The third kappa shape index (κ3) is 5.22. The molecule has 0 atom stereocenters. The number of fused-ring (bicyclic) bond motifs is 1. The van der Waals surface area contributed by atoms with Gasteiger partial charge in [0, 0.05) is 27.8 Å². The van der Waals surface area contributed by atoms with Gasteiger partial charge in [-0.05, 0) is 66.8 Å². The van der Waals surface area contributed by atoms with Crippen LogP contribution in [0.2, 0.25) is 5.02 Å². The second kappa shape index (κ2) is 11.6. The van der Waals surface area contributed by atoms with Crippen LogP contribution >= 0.6 is 23.4 Å². The van der Waals surface area contributed by atoms with Gasteiger partial charge in [-0.2, -0.15) is 0 Å². The number of thioether (sulfide) groups is 1. The van der Waals surface area contributed by atoms with Gasteiger partial charge in [0.1, 0.15) is 17.4 Å². The Kier molecular flexibility index (Phi) is 7.78. The normalized spacial score (nSPS) is 14.3. The maximum absolute atomic E-state index is 13.5. The summed E-state index contributed by atoms with van der Waals surface area (Å²) in [6, 6.07) is 25.7. The quantitative estimate of drug-likeness (QED) is 0.200. The number of hydrogen-bond acceptors (Lipinski definition) is 4. The van der Waals surface area contributed by atoms with Crippen molar-refractivity contribution in [3.63, 3.8) is 0 Å². The molecule has 0 saturated heterocycles. The molecule has 2 aliphatic rings. The highest BCUT2D eigenvalue weighted by Crippen LogP contribution is 2.42. The summed E-state index contributed by atoms with van der Waals surface area (Å²) in [5, 5.41) is 0.0666. The molecule has 0 N–H and O–H groups in total. The second-order valence-electron chi connectivity index (χ2n) is 10.5. The fraction of sp³-hybridized carbons (Fsp3) is 0.235. The van der Waals surface area contributed by atoms with E-state index in [1.54, 1.807) is 16.3 Å². The lowest BCUT2D eigenvalue weighted by atomic mass is 9.88. The fourth-order valence-corrected chi connectivity index (χ4v) is 6.41. The molecule has 1 aromatic heterocycles. The summed E-state index contributed by atoms with van der Waals surface area (Å²) in [7, 11) is 0. The van der Waals surface area contributed by atoms with Gasteiger partial charge < -0.3 is 14.2 Å². The van der Waals surface area contributed by atoms with Gasteiger partial charge in [-0.1, -0.05) is 72.3 Å². The van der Waals surface area contributed by atoms with Crippen molar-refractivity contribution in [1.29, 1.82) is 0 Å². The topological polar surface area (TPSA) is 51.5 Å². The Hall–Kier alpha value is -3.74. The minimum atomic E-state index is -0.275. The van der Waals surface area contributed by atoms with Gasteiger partial charge in [-0.3, -0.25) is 9.59 Å². The number of carbonyl (C=O) groups excluding carboxylic acids is 1. The maximum atomic E-state index is 13.5. The minimum Gasteiger partial charge on any atom is -0.487 e. The van der Waals surface area contributed by atoms with Crippen molar-refractivity contribution in [2.75, 3.05) is 6.26 Å². The Morgan fingerprint density at radius 2 is 1.51 bits per heavy atom. The Labute approximate surface area is 249 Å². The molecule has 1 fully saturated rings. The Bertz CT molecular complexity index is 1740. The molecule has 2 heterocycles. The van der Waals surface area contributed by atoms with Crippen LogP contribution < -0.4 is 10.3 Å². The molecule has 1 saturated carbocycles. The molecular formula is C34H31ClN2O3S. The third-order valence-corrected chi connectivity index (χ3v) is 9.17. The highest BCUT2D eigenvalue weighted by atomic mass is 35.5. The van der Waals surface area contributed by atoms with E-state index in [1.807, 2.05) is 84.8 Å². The first-order valence-electron chi connectivity index (χ1n) is 13.8. The van der Waals surface area contributed by atoms with Crippen molar-refractivity contribution >= 4 is 35.0 Å². The summed E-state index contributed by atoms with van der Waals surface area (Å²) in [6.07, 6.45) is 5.26. The van der Waals surface area contributed by atoms with Crippen LogP contribution in [-0.2, 0) is 19.7 Å². The predicted molar refractivity (Wildman–Crippen MR) is 166 cm³/mol. The number of nitrogens with zero attached hydrogens (tertiary/aromatic N) is 2. The van der Waals surface area contributed by atoms with Crippen LogP contribution in [0.3, 0.4) is 0 Å². The predicted octanol–water partition coefficient (Wildman–Crippen LogP) is 7.71. The average molecular weight is 583 g/mol. The first-order chi connectivity index (χ1) is 20.0. The highest BCUT2D eigenvalue weighted by Gasteiger charge is 2.35. The van der Waals surface area contributed by atoms with E-state index in [1.165, 1.54) is 5.57 Å². The van der Waals surface area contributed by atoms with Gasteiger partial charge >= 0.3 is 0 Å². The van der Waals surface area contributed by atoms with E-state index in [0.717, 1.165) is 63.4 Å². The van der Waals surface area contributed by atoms with Crippen molar-refractivity contribution in [2.45, 2.75) is 50.8 Å². The van der Waals surface area contributed by atoms with Crippen molar-refractivity contribution < 1.29 is 9.53 Å². The molecule has 6 rings (SSSR count). The van der Waals surface area contributed by atoms with E-state index in [2.05, 4.69) is 12.1 Å². The molecule has 5 nitrogen and oxygen atoms in total. The SMILES string of the molecule is CSc1ccccc1Cn1c(C)cc(OCc2ccccc2CN2C(=O)c3ccccc3C2=C2CCC2)c(Cl)c1=O. The van der Waals surface area contributed by atoms with Crippen molar-refractivity contribution in [3.05, 3.63) is 133 Å². The Morgan fingerprint density at radius 1 is 0.854 bits per heavy atom. The van der Waals surface area contributed by atoms with Crippen LogP contribution in [0.15, 0.2) is 94.1 Å². The molecule has 0 radical (unpaired) electrons. The summed E-state index contributed by atoms with van der Waals surface area (Å²) in [5.74, 6) is 0.399. The monoisotopic (exact) mass is 582 g/mol. The van der Waals surface area contributed by atoms with Gasteiger partial charge in [0.05, 0.1) is 18.8 Å². The third-order valence-electron chi connectivity index (χ3n) is 7.99. The lowest BCUT2D eigenvalue weighted by Gasteiger charge is -2.27. The van der Waals surface area contributed by atoms with Crippen LogP contribution in [-0.4, -0.2) is 21.6 Å². The zero-order valence-electron chi connectivity index (χ0n) is 23.2. The molecule has 0 spiro atoms. The summed E-state index contributed by atoms with van der Waals surface area (Å²) >= 11 is 8.23. The Balaban J connectivity index is 1.24. The molecule has 208 valence electrons. The van der Waals surface area contributed by atoms with E-state index in [9.17, 15) is 9.59 Å².